The van der Waals surface area contributed by atoms with Crippen LogP contribution in [0.3, 0.4) is 0 Å². The Morgan fingerprint density at radius 2 is 2.32 bits per heavy atom. The highest BCUT2D eigenvalue weighted by Gasteiger charge is 2.39. The van der Waals surface area contributed by atoms with Crippen molar-refractivity contribution in [2.75, 3.05) is 25.0 Å². The SMILES string of the molecule is Cc1nc(NC(=O)[C@]2(C)CN(C=O)CCO2)sc1C. The van der Waals surface area contributed by atoms with Crippen molar-refractivity contribution >= 4 is 28.8 Å². The van der Waals surface area contributed by atoms with E-state index in [1.807, 2.05) is 13.8 Å². The molecule has 2 heterocycles. The average molecular weight is 283 g/mol. The second kappa shape index (κ2) is 5.26. The van der Waals surface area contributed by atoms with E-state index in [2.05, 4.69) is 10.3 Å². The molecule has 0 unspecified atom stereocenters. The first-order valence-corrected chi connectivity index (χ1v) is 6.85. The molecule has 1 atom stereocenters. The van der Waals surface area contributed by atoms with E-state index in [9.17, 15) is 9.59 Å². The fourth-order valence-electron chi connectivity index (χ4n) is 1.88. The van der Waals surface area contributed by atoms with Gasteiger partial charge in [-0.25, -0.2) is 4.98 Å². The molecule has 0 spiro atoms. The lowest BCUT2D eigenvalue weighted by Crippen LogP contribution is -2.56. The molecule has 6 nitrogen and oxygen atoms in total. The molecule has 7 heteroatoms. The zero-order chi connectivity index (χ0) is 14.0. The number of hydrogen-bond acceptors (Lipinski definition) is 5. The minimum Gasteiger partial charge on any atom is -0.362 e. The van der Waals surface area contributed by atoms with Gasteiger partial charge in [-0.3, -0.25) is 14.9 Å². The molecule has 1 saturated heterocycles. The Morgan fingerprint density at radius 3 is 2.89 bits per heavy atom. The number of aryl methyl sites for hydroxylation is 2. The van der Waals surface area contributed by atoms with Crippen LogP contribution in [0, 0.1) is 13.8 Å². The molecule has 0 aliphatic carbocycles. The summed E-state index contributed by atoms with van der Waals surface area (Å²) in [6, 6.07) is 0. The van der Waals surface area contributed by atoms with Crippen molar-refractivity contribution in [1.29, 1.82) is 0 Å². The van der Waals surface area contributed by atoms with Crippen LogP contribution in [0.15, 0.2) is 0 Å². The number of rotatable bonds is 3. The molecule has 0 radical (unpaired) electrons. The van der Waals surface area contributed by atoms with E-state index in [0.29, 0.717) is 18.3 Å². The van der Waals surface area contributed by atoms with Gasteiger partial charge in [0, 0.05) is 11.4 Å². The third kappa shape index (κ3) is 2.93. The van der Waals surface area contributed by atoms with Crippen LogP contribution in [-0.4, -0.2) is 47.5 Å². The van der Waals surface area contributed by atoms with Crippen LogP contribution < -0.4 is 5.32 Å². The molecule has 0 saturated carbocycles. The molecule has 0 bridgehead atoms. The van der Waals surface area contributed by atoms with Crippen LogP contribution >= 0.6 is 11.3 Å². The predicted molar refractivity (Wildman–Crippen MR) is 72.2 cm³/mol. The predicted octanol–water partition coefficient (Wildman–Crippen LogP) is 0.946. The summed E-state index contributed by atoms with van der Waals surface area (Å²) in [6.07, 6.45) is 0.742. The summed E-state index contributed by atoms with van der Waals surface area (Å²) in [5, 5.41) is 3.32. The topological polar surface area (TPSA) is 71.5 Å². The van der Waals surface area contributed by atoms with Gasteiger partial charge in [0.25, 0.3) is 5.91 Å². The van der Waals surface area contributed by atoms with Gasteiger partial charge in [-0.05, 0) is 20.8 Å². The number of amides is 2. The van der Waals surface area contributed by atoms with Crippen LogP contribution in [0.2, 0.25) is 0 Å². The minimum absolute atomic E-state index is 0.256. The number of aromatic nitrogens is 1. The first-order valence-electron chi connectivity index (χ1n) is 6.03. The van der Waals surface area contributed by atoms with E-state index in [-0.39, 0.29) is 12.5 Å². The summed E-state index contributed by atoms with van der Waals surface area (Å²) in [4.78, 5) is 29.9. The van der Waals surface area contributed by atoms with E-state index in [0.717, 1.165) is 17.0 Å². The molecular weight excluding hydrogens is 266 g/mol. The summed E-state index contributed by atoms with van der Waals surface area (Å²) in [7, 11) is 0. The van der Waals surface area contributed by atoms with Gasteiger partial charge in [-0.15, -0.1) is 11.3 Å². The Kier molecular flexibility index (Phi) is 3.86. The van der Waals surface area contributed by atoms with Crippen LogP contribution in [0.25, 0.3) is 0 Å². The monoisotopic (exact) mass is 283 g/mol. The lowest BCUT2D eigenvalue weighted by Gasteiger charge is -2.37. The second-order valence-corrected chi connectivity index (χ2v) is 5.97. The van der Waals surface area contributed by atoms with E-state index in [4.69, 9.17) is 4.74 Å². The second-order valence-electron chi connectivity index (χ2n) is 4.77. The van der Waals surface area contributed by atoms with Gasteiger partial charge >= 0.3 is 0 Å². The summed E-state index contributed by atoms with van der Waals surface area (Å²) >= 11 is 1.43. The highest BCUT2D eigenvalue weighted by atomic mass is 32.1. The van der Waals surface area contributed by atoms with Gasteiger partial charge in [0.15, 0.2) is 10.7 Å². The number of nitrogens with one attached hydrogen (secondary N) is 1. The molecule has 19 heavy (non-hydrogen) atoms. The normalized spacial score (nSPS) is 23.2. The smallest absolute Gasteiger partial charge is 0.259 e. The number of hydrogen-bond donors (Lipinski definition) is 1. The molecule has 1 aliphatic heterocycles. The zero-order valence-electron chi connectivity index (χ0n) is 11.2. The Bertz CT molecular complexity index is 483. The number of anilines is 1. The van der Waals surface area contributed by atoms with Crippen molar-refractivity contribution in [3.63, 3.8) is 0 Å². The number of carbonyl (C=O) groups is 2. The summed E-state index contributed by atoms with van der Waals surface area (Å²) < 4.78 is 5.53. The average Bonchev–Trinajstić information content (AvgIpc) is 2.68. The van der Waals surface area contributed by atoms with Gasteiger partial charge in [-0.2, -0.15) is 0 Å². The Balaban J connectivity index is 2.08. The van der Waals surface area contributed by atoms with E-state index >= 15 is 0 Å². The van der Waals surface area contributed by atoms with E-state index in [1.165, 1.54) is 11.3 Å². The number of nitrogens with zero attached hydrogens (tertiary/aromatic N) is 2. The van der Waals surface area contributed by atoms with Crippen molar-refractivity contribution in [2.45, 2.75) is 26.4 Å². The quantitative estimate of drug-likeness (QED) is 0.838. The Labute approximate surface area is 115 Å². The molecular formula is C12H17N3O3S. The Hall–Kier alpha value is -1.47. The molecule has 1 N–H and O–H groups in total. The first kappa shape index (κ1) is 14.0. The van der Waals surface area contributed by atoms with Crippen LogP contribution in [-0.2, 0) is 14.3 Å². The molecule has 1 fully saturated rings. The van der Waals surface area contributed by atoms with Crippen molar-refractivity contribution in [3.05, 3.63) is 10.6 Å². The fraction of sp³-hybridized carbons (Fsp3) is 0.583. The number of carbonyl (C=O) groups excluding carboxylic acids is 2. The fourth-order valence-corrected chi connectivity index (χ4v) is 2.69. The molecule has 2 rings (SSSR count). The van der Waals surface area contributed by atoms with E-state index in [1.54, 1.807) is 11.8 Å². The number of morpholine rings is 1. The van der Waals surface area contributed by atoms with Gasteiger partial charge in [0.1, 0.15) is 0 Å². The first-order chi connectivity index (χ1) is 8.94. The zero-order valence-corrected chi connectivity index (χ0v) is 12.0. The largest absolute Gasteiger partial charge is 0.362 e. The highest BCUT2D eigenvalue weighted by molar-refractivity contribution is 7.15. The lowest BCUT2D eigenvalue weighted by atomic mass is 10.0. The molecule has 2 amide bonds. The van der Waals surface area contributed by atoms with Gasteiger partial charge in [0.2, 0.25) is 6.41 Å². The Morgan fingerprint density at radius 1 is 1.58 bits per heavy atom. The maximum atomic E-state index is 12.3. The molecule has 1 aliphatic rings. The summed E-state index contributed by atoms with van der Waals surface area (Å²) in [5.74, 6) is -0.271. The maximum absolute atomic E-state index is 12.3. The van der Waals surface area contributed by atoms with Crippen LogP contribution in [0.5, 0.6) is 0 Å². The van der Waals surface area contributed by atoms with Crippen molar-refractivity contribution in [3.8, 4) is 0 Å². The molecule has 1 aromatic rings. The molecule has 104 valence electrons. The standard InChI is InChI=1S/C12H17N3O3S/c1-8-9(2)19-11(13-8)14-10(17)12(3)6-15(7-16)4-5-18-12/h7H,4-6H2,1-3H3,(H,13,14,17)/t12-/m0/s1. The molecule has 0 aromatic carbocycles. The summed E-state index contributed by atoms with van der Waals surface area (Å²) in [6.45, 7) is 6.67. The number of ether oxygens (including phenoxy) is 1. The maximum Gasteiger partial charge on any atom is 0.259 e. The van der Waals surface area contributed by atoms with E-state index < -0.39 is 5.60 Å². The van der Waals surface area contributed by atoms with Gasteiger partial charge in [0.05, 0.1) is 18.8 Å². The van der Waals surface area contributed by atoms with Gasteiger partial charge in [-0.1, -0.05) is 0 Å². The third-order valence-corrected chi connectivity index (χ3v) is 4.17. The van der Waals surface area contributed by atoms with Crippen molar-refractivity contribution in [1.82, 2.24) is 9.88 Å². The van der Waals surface area contributed by atoms with Gasteiger partial charge < -0.3 is 9.64 Å². The minimum atomic E-state index is -1.02. The summed E-state index contributed by atoms with van der Waals surface area (Å²) in [5.41, 5.74) is -0.114. The van der Waals surface area contributed by atoms with Crippen LogP contribution in [0.4, 0.5) is 5.13 Å². The van der Waals surface area contributed by atoms with Crippen LogP contribution in [0.1, 0.15) is 17.5 Å². The highest BCUT2D eigenvalue weighted by Crippen LogP contribution is 2.24. The van der Waals surface area contributed by atoms with Crippen molar-refractivity contribution in [2.24, 2.45) is 0 Å². The number of thiazole rings is 1. The molecule has 1 aromatic heterocycles. The third-order valence-electron chi connectivity index (χ3n) is 3.18. The lowest BCUT2D eigenvalue weighted by molar-refractivity contribution is -0.154. The van der Waals surface area contributed by atoms with Crippen molar-refractivity contribution < 1.29 is 14.3 Å².